The summed E-state index contributed by atoms with van der Waals surface area (Å²) in [5.74, 6) is 0. The van der Waals surface area contributed by atoms with E-state index in [1.54, 1.807) is 0 Å². The van der Waals surface area contributed by atoms with Gasteiger partial charge in [0.1, 0.15) is 0 Å². The van der Waals surface area contributed by atoms with Crippen LogP contribution in [0.2, 0.25) is 0 Å². The van der Waals surface area contributed by atoms with Gasteiger partial charge >= 0.3 is 6.85 Å². The lowest BCUT2D eigenvalue weighted by atomic mass is 9.48. The molecule has 3 heteroatoms. The molecule has 0 bridgehead atoms. The van der Waals surface area contributed by atoms with Crippen LogP contribution in [-0.4, -0.2) is 15.9 Å². The van der Waals surface area contributed by atoms with Gasteiger partial charge in [-0.1, -0.05) is 152 Å². The molecular formula is C46H29BN2. The first-order chi connectivity index (χ1) is 24.3. The lowest BCUT2D eigenvalue weighted by Crippen LogP contribution is -2.53. The van der Waals surface area contributed by atoms with Crippen LogP contribution in [0.15, 0.2) is 176 Å². The van der Waals surface area contributed by atoms with Crippen molar-refractivity contribution in [3.05, 3.63) is 176 Å². The summed E-state index contributed by atoms with van der Waals surface area (Å²) < 4.78 is 5.16. The molecule has 0 saturated carbocycles. The fraction of sp³-hybridized carbons (Fsp3) is 0. The summed E-state index contributed by atoms with van der Waals surface area (Å²) in [6.07, 6.45) is 0. The summed E-state index contributed by atoms with van der Waals surface area (Å²) in [7, 11) is 0. The van der Waals surface area contributed by atoms with Crippen LogP contribution in [0.5, 0.6) is 0 Å². The maximum Gasteiger partial charge on any atom is 0.332 e. The molecule has 0 amide bonds. The molecule has 0 spiro atoms. The quantitative estimate of drug-likeness (QED) is 0.174. The Labute approximate surface area is 284 Å². The lowest BCUT2D eigenvalue weighted by molar-refractivity contribution is 1.18. The first kappa shape index (κ1) is 26.7. The third-order valence-electron chi connectivity index (χ3n) is 10.8. The molecule has 2 aromatic heterocycles. The monoisotopic (exact) mass is 620 g/mol. The normalized spacial score (nSPS) is 12.4. The largest absolute Gasteiger partial charge is 0.376 e. The molecule has 1 aliphatic heterocycles. The molecule has 0 aliphatic carbocycles. The second-order valence-electron chi connectivity index (χ2n) is 13.3. The Morgan fingerprint density at radius 2 is 0.959 bits per heavy atom. The summed E-state index contributed by atoms with van der Waals surface area (Å²) in [6.45, 7) is -0.0278. The number of fused-ring (bicyclic) bond motifs is 10. The summed E-state index contributed by atoms with van der Waals surface area (Å²) in [5.41, 5.74) is 13.8. The van der Waals surface area contributed by atoms with E-state index in [-0.39, 0.29) is 6.85 Å². The van der Waals surface area contributed by atoms with Crippen LogP contribution in [0, 0.1) is 0 Å². The molecule has 0 unspecified atom stereocenters. The third kappa shape index (κ3) is 3.73. The van der Waals surface area contributed by atoms with E-state index in [4.69, 9.17) is 0 Å². The number of aromatic nitrogens is 2. The van der Waals surface area contributed by atoms with Gasteiger partial charge in [-0.25, -0.2) is 0 Å². The molecule has 8 aromatic carbocycles. The van der Waals surface area contributed by atoms with Crippen molar-refractivity contribution in [1.82, 2.24) is 9.05 Å². The maximum atomic E-state index is 2.64. The van der Waals surface area contributed by atoms with Crippen molar-refractivity contribution >= 4 is 72.2 Å². The van der Waals surface area contributed by atoms with Gasteiger partial charge in [-0.3, -0.25) is 0 Å². The van der Waals surface area contributed by atoms with Crippen LogP contribution in [-0.2, 0) is 0 Å². The van der Waals surface area contributed by atoms with Crippen LogP contribution in [0.1, 0.15) is 0 Å². The standard InChI is InChI=1S/C46H29BN2/c1-3-12-30(13-4-1)33-22-25-36-37-26-23-34(31-14-5-2-6-15-31)29-44(37)49(43(36)28-33)47-39-19-9-10-21-41(39)48-42-27-24-32-16-7-8-17-35(32)45(42)38-18-11-20-40(47)46(38)48/h1-29H. The third-order valence-corrected chi connectivity index (χ3v) is 10.8. The van der Waals surface area contributed by atoms with Gasteiger partial charge in [0.25, 0.3) is 0 Å². The van der Waals surface area contributed by atoms with Crippen LogP contribution in [0.25, 0.3) is 82.3 Å². The van der Waals surface area contributed by atoms with Crippen molar-refractivity contribution in [1.29, 1.82) is 0 Å². The molecule has 0 saturated heterocycles. The van der Waals surface area contributed by atoms with E-state index >= 15 is 0 Å². The minimum atomic E-state index is -0.0278. The second-order valence-corrected chi connectivity index (χ2v) is 13.3. The number of hydrogen-bond donors (Lipinski definition) is 0. The topological polar surface area (TPSA) is 9.86 Å². The minimum Gasteiger partial charge on any atom is -0.376 e. The Morgan fingerprint density at radius 3 is 1.67 bits per heavy atom. The number of rotatable bonds is 3. The highest BCUT2D eigenvalue weighted by molar-refractivity contribution is 6.88. The van der Waals surface area contributed by atoms with Gasteiger partial charge in [0.15, 0.2) is 0 Å². The molecule has 0 N–H and O–H groups in total. The first-order valence-electron chi connectivity index (χ1n) is 17.1. The maximum absolute atomic E-state index is 2.64. The Morgan fingerprint density at radius 1 is 0.367 bits per heavy atom. The van der Waals surface area contributed by atoms with Crippen LogP contribution in [0.4, 0.5) is 0 Å². The average molecular weight is 621 g/mol. The van der Waals surface area contributed by atoms with Gasteiger partial charge in [-0.05, 0) is 68.2 Å². The molecule has 0 radical (unpaired) electrons. The molecule has 10 aromatic rings. The molecule has 49 heavy (non-hydrogen) atoms. The van der Waals surface area contributed by atoms with E-state index < -0.39 is 0 Å². The second kappa shape index (κ2) is 10.1. The minimum absolute atomic E-state index is 0.0278. The number of nitrogens with zero attached hydrogens (tertiary/aromatic N) is 2. The Balaban J connectivity index is 1.30. The molecule has 3 heterocycles. The smallest absolute Gasteiger partial charge is 0.332 e. The zero-order chi connectivity index (χ0) is 32.1. The van der Waals surface area contributed by atoms with Crippen molar-refractivity contribution in [2.24, 2.45) is 0 Å². The predicted octanol–water partition coefficient (Wildman–Crippen LogP) is 10.3. The fourth-order valence-electron chi connectivity index (χ4n) is 8.65. The fourth-order valence-corrected chi connectivity index (χ4v) is 8.65. The number of hydrogen-bond acceptors (Lipinski definition) is 0. The van der Waals surface area contributed by atoms with Crippen LogP contribution < -0.4 is 10.9 Å². The highest BCUT2D eigenvalue weighted by Gasteiger charge is 2.36. The van der Waals surface area contributed by atoms with Crippen molar-refractivity contribution in [3.63, 3.8) is 0 Å². The summed E-state index contributed by atoms with van der Waals surface area (Å²) in [4.78, 5) is 0. The van der Waals surface area contributed by atoms with Gasteiger partial charge in [0, 0.05) is 38.3 Å². The van der Waals surface area contributed by atoms with Gasteiger partial charge in [-0.15, -0.1) is 0 Å². The van der Waals surface area contributed by atoms with Crippen molar-refractivity contribution in [2.75, 3.05) is 0 Å². The van der Waals surface area contributed by atoms with E-state index in [1.165, 1.54) is 93.3 Å². The van der Waals surface area contributed by atoms with E-state index in [1.807, 2.05) is 0 Å². The number of benzene rings is 8. The highest BCUT2D eigenvalue weighted by Crippen LogP contribution is 2.40. The Bertz CT molecular complexity index is 2840. The molecule has 11 rings (SSSR count). The Hall–Kier alpha value is -6.32. The van der Waals surface area contributed by atoms with Gasteiger partial charge < -0.3 is 9.05 Å². The molecule has 226 valence electrons. The number of para-hydroxylation sites is 2. The van der Waals surface area contributed by atoms with Crippen molar-refractivity contribution < 1.29 is 0 Å². The van der Waals surface area contributed by atoms with Crippen molar-refractivity contribution in [3.8, 4) is 27.9 Å². The van der Waals surface area contributed by atoms with Gasteiger partial charge in [0.05, 0.1) is 11.0 Å². The summed E-state index contributed by atoms with van der Waals surface area (Å²) in [5, 5.41) is 7.75. The van der Waals surface area contributed by atoms with Crippen molar-refractivity contribution in [2.45, 2.75) is 0 Å². The molecule has 1 aliphatic rings. The van der Waals surface area contributed by atoms with E-state index in [0.717, 1.165) is 0 Å². The van der Waals surface area contributed by atoms with E-state index in [9.17, 15) is 0 Å². The lowest BCUT2D eigenvalue weighted by Gasteiger charge is -2.28. The molecule has 2 nitrogen and oxygen atoms in total. The predicted molar refractivity (Wildman–Crippen MR) is 209 cm³/mol. The van der Waals surface area contributed by atoms with E-state index in [0.29, 0.717) is 0 Å². The first-order valence-corrected chi connectivity index (χ1v) is 17.1. The summed E-state index contributed by atoms with van der Waals surface area (Å²) >= 11 is 0. The molecular weight excluding hydrogens is 591 g/mol. The van der Waals surface area contributed by atoms with Crippen LogP contribution >= 0.6 is 0 Å². The van der Waals surface area contributed by atoms with Gasteiger partial charge in [0.2, 0.25) is 0 Å². The highest BCUT2D eigenvalue weighted by atomic mass is 15.0. The molecule has 0 atom stereocenters. The van der Waals surface area contributed by atoms with Gasteiger partial charge in [-0.2, -0.15) is 0 Å². The average Bonchev–Trinajstić information content (AvgIpc) is 3.69. The Kier molecular flexibility index (Phi) is 5.50. The zero-order valence-corrected chi connectivity index (χ0v) is 26.7. The zero-order valence-electron chi connectivity index (χ0n) is 26.7. The molecule has 0 fully saturated rings. The summed E-state index contributed by atoms with van der Waals surface area (Å²) in [6, 6.07) is 65.0. The van der Waals surface area contributed by atoms with Crippen LogP contribution in [0.3, 0.4) is 0 Å². The SMILES string of the molecule is c1ccc(-c2ccc3c4ccc(-c5ccccc5)cc4n(B4c5ccccc5-n5c6ccc7ccccc7c6c6cccc4c65)c3c2)cc1. The van der Waals surface area contributed by atoms with E-state index in [2.05, 4.69) is 185 Å².